The molecule has 3 rings (SSSR count). The Labute approximate surface area is 172 Å². The number of hydrogen-bond acceptors (Lipinski definition) is 5. The van der Waals surface area contributed by atoms with Crippen LogP contribution in [0.25, 0.3) is 0 Å². The highest BCUT2D eigenvalue weighted by molar-refractivity contribution is 6.35. The summed E-state index contributed by atoms with van der Waals surface area (Å²) in [5.41, 5.74) is 1.19. The van der Waals surface area contributed by atoms with Crippen LogP contribution in [0.5, 0.6) is 5.75 Å². The number of benzene rings is 2. The van der Waals surface area contributed by atoms with Crippen molar-refractivity contribution >= 4 is 52.4 Å². The summed E-state index contributed by atoms with van der Waals surface area (Å²) in [6, 6.07) is 11.1. The predicted molar refractivity (Wildman–Crippen MR) is 110 cm³/mol. The van der Waals surface area contributed by atoms with Crippen LogP contribution in [0.4, 0.5) is 11.4 Å². The zero-order valence-corrected chi connectivity index (χ0v) is 16.5. The Balaban J connectivity index is 1.58. The van der Waals surface area contributed by atoms with Crippen LogP contribution < -0.4 is 20.7 Å². The molecule has 146 valence electrons. The van der Waals surface area contributed by atoms with Crippen LogP contribution in [0, 0.1) is 0 Å². The van der Waals surface area contributed by atoms with Gasteiger partial charge < -0.3 is 15.4 Å². The Morgan fingerprint density at radius 3 is 2.46 bits per heavy atom. The van der Waals surface area contributed by atoms with Gasteiger partial charge in [-0.25, -0.2) is 4.99 Å². The smallest absolute Gasteiger partial charge is 0.252 e. The van der Waals surface area contributed by atoms with Crippen molar-refractivity contribution in [1.29, 1.82) is 0 Å². The van der Waals surface area contributed by atoms with Crippen LogP contribution in [-0.2, 0) is 9.59 Å². The first-order valence-corrected chi connectivity index (χ1v) is 9.33. The third kappa shape index (κ3) is 5.37. The van der Waals surface area contributed by atoms with E-state index in [9.17, 15) is 9.59 Å². The lowest BCUT2D eigenvalue weighted by atomic mass is 10.2. The zero-order chi connectivity index (χ0) is 20.1. The highest BCUT2D eigenvalue weighted by Gasteiger charge is 2.28. The first-order valence-electron chi connectivity index (χ1n) is 8.57. The third-order valence-electron chi connectivity index (χ3n) is 3.78. The van der Waals surface area contributed by atoms with Gasteiger partial charge >= 0.3 is 0 Å². The molecule has 0 spiro atoms. The largest absolute Gasteiger partial charge is 0.494 e. The molecule has 0 saturated carbocycles. The van der Waals surface area contributed by atoms with Gasteiger partial charge in [-0.15, -0.1) is 0 Å². The van der Waals surface area contributed by atoms with E-state index in [2.05, 4.69) is 20.9 Å². The molecule has 2 amide bonds. The molecule has 3 N–H and O–H groups in total. The molecular weight excluding hydrogens is 403 g/mol. The molecule has 1 aliphatic rings. The van der Waals surface area contributed by atoms with Crippen LogP contribution in [-0.4, -0.2) is 30.4 Å². The van der Waals surface area contributed by atoms with Crippen LogP contribution in [0.15, 0.2) is 47.5 Å². The van der Waals surface area contributed by atoms with E-state index >= 15 is 0 Å². The number of anilines is 2. The molecule has 9 heteroatoms. The average Bonchev–Trinajstić information content (AvgIpc) is 2.95. The quantitative estimate of drug-likeness (QED) is 0.664. The first-order chi connectivity index (χ1) is 13.4. The summed E-state index contributed by atoms with van der Waals surface area (Å²) in [6.45, 7) is 2.46. The van der Waals surface area contributed by atoms with Gasteiger partial charge in [0.15, 0.2) is 0 Å². The van der Waals surface area contributed by atoms with Gasteiger partial charge in [-0.3, -0.25) is 14.9 Å². The van der Waals surface area contributed by atoms with E-state index in [0.717, 1.165) is 5.75 Å². The second-order valence-electron chi connectivity index (χ2n) is 5.98. The normalized spacial score (nSPS) is 15.6. The molecule has 0 fully saturated rings. The number of rotatable bonds is 6. The topological polar surface area (TPSA) is 91.8 Å². The molecule has 2 aromatic rings. The lowest BCUT2D eigenvalue weighted by Crippen LogP contribution is -2.33. The molecule has 2 aromatic carbocycles. The molecule has 1 heterocycles. The Bertz CT molecular complexity index is 896. The van der Waals surface area contributed by atoms with E-state index in [1.807, 2.05) is 6.92 Å². The molecule has 0 unspecified atom stereocenters. The SMILES string of the molecule is CCOc1ccc(NC(=O)C[C@@H]2N=C(Nc3cc(Cl)cc(Cl)c3)NC2=O)cc1. The maximum Gasteiger partial charge on any atom is 0.252 e. The van der Waals surface area contributed by atoms with Crippen molar-refractivity contribution in [2.24, 2.45) is 4.99 Å². The van der Waals surface area contributed by atoms with E-state index in [1.54, 1.807) is 42.5 Å². The van der Waals surface area contributed by atoms with E-state index in [-0.39, 0.29) is 24.2 Å². The van der Waals surface area contributed by atoms with E-state index in [0.29, 0.717) is 28.0 Å². The number of aliphatic imine (C=N–C) groups is 1. The Morgan fingerprint density at radius 2 is 1.82 bits per heavy atom. The summed E-state index contributed by atoms with van der Waals surface area (Å²) in [6.07, 6.45) is -0.0828. The second kappa shape index (κ2) is 8.95. The molecule has 0 saturated heterocycles. The third-order valence-corrected chi connectivity index (χ3v) is 4.22. The van der Waals surface area contributed by atoms with Gasteiger partial charge in [-0.05, 0) is 49.4 Å². The first kappa shape index (κ1) is 20.0. The summed E-state index contributed by atoms with van der Waals surface area (Å²) in [7, 11) is 0. The fraction of sp³-hybridized carbons (Fsp3) is 0.211. The average molecular weight is 421 g/mol. The van der Waals surface area contributed by atoms with Gasteiger partial charge in [-0.1, -0.05) is 23.2 Å². The molecule has 7 nitrogen and oxygen atoms in total. The van der Waals surface area contributed by atoms with E-state index < -0.39 is 6.04 Å². The minimum atomic E-state index is -0.820. The van der Waals surface area contributed by atoms with Crippen molar-refractivity contribution in [3.05, 3.63) is 52.5 Å². The summed E-state index contributed by atoms with van der Waals surface area (Å²) < 4.78 is 5.36. The number of hydrogen-bond donors (Lipinski definition) is 3. The van der Waals surface area contributed by atoms with Crippen LogP contribution in [0.3, 0.4) is 0 Å². The van der Waals surface area contributed by atoms with Crippen molar-refractivity contribution < 1.29 is 14.3 Å². The number of nitrogens with one attached hydrogen (secondary N) is 3. The van der Waals surface area contributed by atoms with Crippen molar-refractivity contribution in [1.82, 2.24) is 5.32 Å². The Hall–Kier alpha value is -2.77. The molecule has 0 radical (unpaired) electrons. The van der Waals surface area contributed by atoms with Gasteiger partial charge in [-0.2, -0.15) is 0 Å². The molecule has 1 atom stereocenters. The molecular formula is C19H18Cl2N4O3. The standard InChI is InChI=1S/C19H18Cl2N4O3/c1-2-28-15-5-3-13(4-6-15)22-17(26)10-16-18(27)25-19(24-16)23-14-8-11(20)7-12(21)9-14/h3-9,16H,2,10H2,1H3,(H,22,26)(H2,23,24,25,27)/t16-/m0/s1. The Kier molecular flexibility index (Phi) is 6.38. The van der Waals surface area contributed by atoms with Crippen LogP contribution in [0.1, 0.15) is 13.3 Å². The lowest BCUT2D eigenvalue weighted by Gasteiger charge is -2.08. The van der Waals surface area contributed by atoms with Crippen LogP contribution >= 0.6 is 23.2 Å². The number of carbonyl (C=O) groups excluding carboxylic acids is 2. The molecule has 0 aromatic heterocycles. The second-order valence-corrected chi connectivity index (χ2v) is 6.85. The minimum Gasteiger partial charge on any atom is -0.494 e. The number of halogens is 2. The van der Waals surface area contributed by atoms with Crippen molar-refractivity contribution in [2.45, 2.75) is 19.4 Å². The summed E-state index contributed by atoms with van der Waals surface area (Å²) in [4.78, 5) is 28.6. The maximum absolute atomic E-state index is 12.2. The molecule has 0 aliphatic carbocycles. The Morgan fingerprint density at radius 1 is 1.14 bits per heavy atom. The molecule has 1 aliphatic heterocycles. The van der Waals surface area contributed by atoms with E-state index in [1.165, 1.54) is 0 Å². The summed E-state index contributed by atoms with van der Waals surface area (Å²) in [5, 5.41) is 9.17. The van der Waals surface area contributed by atoms with Gasteiger partial charge in [0.25, 0.3) is 5.91 Å². The monoisotopic (exact) mass is 420 g/mol. The van der Waals surface area contributed by atoms with Crippen molar-refractivity contribution in [3.63, 3.8) is 0 Å². The fourth-order valence-electron chi connectivity index (χ4n) is 2.60. The van der Waals surface area contributed by atoms with Crippen LogP contribution in [0.2, 0.25) is 10.0 Å². The number of guanidine groups is 1. The van der Waals surface area contributed by atoms with Crippen molar-refractivity contribution in [2.75, 3.05) is 17.2 Å². The lowest BCUT2D eigenvalue weighted by molar-refractivity contribution is -0.123. The molecule has 28 heavy (non-hydrogen) atoms. The zero-order valence-electron chi connectivity index (χ0n) is 15.0. The highest BCUT2D eigenvalue weighted by atomic mass is 35.5. The number of ether oxygens (including phenoxy) is 1. The van der Waals surface area contributed by atoms with E-state index in [4.69, 9.17) is 27.9 Å². The fourth-order valence-corrected chi connectivity index (χ4v) is 3.13. The minimum absolute atomic E-state index is 0.0828. The summed E-state index contributed by atoms with van der Waals surface area (Å²) in [5.74, 6) is 0.275. The van der Waals surface area contributed by atoms with Gasteiger partial charge in [0.1, 0.15) is 11.8 Å². The van der Waals surface area contributed by atoms with Gasteiger partial charge in [0.05, 0.1) is 13.0 Å². The maximum atomic E-state index is 12.2. The van der Waals surface area contributed by atoms with Crippen molar-refractivity contribution in [3.8, 4) is 5.75 Å². The van der Waals surface area contributed by atoms with Gasteiger partial charge in [0, 0.05) is 21.4 Å². The number of nitrogens with zero attached hydrogens (tertiary/aromatic N) is 1. The molecule has 0 bridgehead atoms. The number of carbonyl (C=O) groups is 2. The predicted octanol–water partition coefficient (Wildman–Crippen LogP) is 3.69. The van der Waals surface area contributed by atoms with Gasteiger partial charge in [0.2, 0.25) is 11.9 Å². The highest BCUT2D eigenvalue weighted by Crippen LogP contribution is 2.23. The number of amides is 2. The summed E-state index contributed by atoms with van der Waals surface area (Å²) >= 11 is 11.9.